The summed E-state index contributed by atoms with van der Waals surface area (Å²) < 4.78 is 5.46. The summed E-state index contributed by atoms with van der Waals surface area (Å²) in [4.78, 5) is 30.9. The fourth-order valence-corrected chi connectivity index (χ4v) is 4.40. The van der Waals surface area contributed by atoms with Gasteiger partial charge in [-0.3, -0.25) is 9.59 Å². The highest BCUT2D eigenvalue weighted by Gasteiger charge is 2.38. The summed E-state index contributed by atoms with van der Waals surface area (Å²) >= 11 is 6.24. The fourth-order valence-electron chi connectivity index (χ4n) is 4.20. The van der Waals surface area contributed by atoms with E-state index in [-0.39, 0.29) is 18.2 Å². The molecule has 2 aromatic rings. The van der Waals surface area contributed by atoms with Crippen molar-refractivity contribution in [1.29, 1.82) is 0 Å². The number of nitrogens with zero attached hydrogens (tertiary/aromatic N) is 3. The molecular weight excluding hydrogens is 416 g/mol. The van der Waals surface area contributed by atoms with E-state index in [0.29, 0.717) is 36.2 Å². The molecule has 1 N–H and O–H groups in total. The maximum Gasteiger partial charge on any atom is 0.227 e. The van der Waals surface area contributed by atoms with Crippen LogP contribution in [0.25, 0.3) is 0 Å². The maximum atomic E-state index is 12.8. The minimum Gasteiger partial charge on any atom is -0.343 e. The number of hydrogen-bond donors (Lipinski definition) is 1. The van der Waals surface area contributed by atoms with Crippen LogP contribution < -0.4 is 5.32 Å². The first-order valence-corrected chi connectivity index (χ1v) is 11.4. The Kier molecular flexibility index (Phi) is 8.07. The summed E-state index contributed by atoms with van der Waals surface area (Å²) in [7, 11) is 0. The minimum absolute atomic E-state index is 0.00760. The number of nitrogens with one attached hydrogen (secondary N) is 1. The first-order valence-electron chi connectivity index (χ1n) is 11.1. The highest BCUT2D eigenvalue weighted by molar-refractivity contribution is 6.31. The van der Waals surface area contributed by atoms with E-state index in [0.717, 1.165) is 44.1 Å². The van der Waals surface area contributed by atoms with E-state index in [1.165, 1.54) is 6.92 Å². The molecule has 8 heteroatoms. The van der Waals surface area contributed by atoms with E-state index < -0.39 is 5.54 Å². The molecule has 0 spiro atoms. The zero-order chi connectivity index (χ0) is 22.3. The number of aryl methyl sites for hydroxylation is 1. The van der Waals surface area contributed by atoms with Gasteiger partial charge >= 0.3 is 0 Å². The van der Waals surface area contributed by atoms with E-state index >= 15 is 0 Å². The molecule has 1 aliphatic rings. The van der Waals surface area contributed by atoms with Crippen LogP contribution in [0.1, 0.15) is 76.1 Å². The number of carbonyl (C=O) groups is 2. The van der Waals surface area contributed by atoms with Crippen molar-refractivity contribution in [3.63, 3.8) is 0 Å². The molecule has 1 aromatic heterocycles. The molecule has 3 rings (SSSR count). The second-order valence-corrected chi connectivity index (χ2v) is 8.60. The Bertz CT molecular complexity index is 890. The number of amides is 2. The lowest BCUT2D eigenvalue weighted by Crippen LogP contribution is -2.45. The van der Waals surface area contributed by atoms with Crippen molar-refractivity contribution in [2.45, 2.75) is 77.3 Å². The van der Waals surface area contributed by atoms with Crippen LogP contribution in [-0.2, 0) is 28.1 Å². The molecule has 0 saturated heterocycles. The number of aromatic nitrogens is 2. The molecule has 0 atom stereocenters. The van der Waals surface area contributed by atoms with Crippen molar-refractivity contribution in [1.82, 2.24) is 20.4 Å². The topological polar surface area (TPSA) is 88.3 Å². The predicted octanol–water partition coefficient (Wildman–Crippen LogP) is 4.39. The summed E-state index contributed by atoms with van der Waals surface area (Å²) in [5, 5.41) is 7.92. The fraction of sp³-hybridized carbons (Fsp3) is 0.565. The molecule has 0 aliphatic heterocycles. The van der Waals surface area contributed by atoms with Gasteiger partial charge in [0.2, 0.25) is 17.7 Å². The molecule has 1 heterocycles. The number of rotatable bonds is 8. The third-order valence-electron chi connectivity index (χ3n) is 5.87. The van der Waals surface area contributed by atoms with Gasteiger partial charge in [0.1, 0.15) is 5.54 Å². The zero-order valence-electron chi connectivity index (χ0n) is 18.3. The summed E-state index contributed by atoms with van der Waals surface area (Å²) in [5.41, 5.74) is 0.346. The van der Waals surface area contributed by atoms with E-state index in [1.54, 1.807) is 4.90 Å². The lowest BCUT2D eigenvalue weighted by Gasteiger charge is -2.30. The third-order valence-corrected chi connectivity index (χ3v) is 6.24. The van der Waals surface area contributed by atoms with Gasteiger partial charge in [-0.25, -0.2) is 0 Å². The maximum absolute atomic E-state index is 12.8. The Balaban J connectivity index is 1.65. The lowest BCUT2D eigenvalue weighted by molar-refractivity contribution is -0.131. The molecular formula is C23H31ClN4O3. The van der Waals surface area contributed by atoms with Crippen LogP contribution in [-0.4, -0.2) is 33.4 Å². The van der Waals surface area contributed by atoms with Gasteiger partial charge in [0.05, 0.1) is 0 Å². The number of hydrogen-bond acceptors (Lipinski definition) is 5. The molecule has 1 aliphatic carbocycles. The first kappa shape index (κ1) is 23.3. The zero-order valence-corrected chi connectivity index (χ0v) is 19.1. The van der Waals surface area contributed by atoms with E-state index in [2.05, 4.69) is 15.5 Å². The quantitative estimate of drug-likeness (QED) is 0.607. The van der Waals surface area contributed by atoms with E-state index in [1.807, 2.05) is 31.2 Å². The second-order valence-electron chi connectivity index (χ2n) is 8.19. The SMILES string of the molecule is CCN(Cc1ccccc1Cl)C(=O)CCc1nc(C2(NC(C)=O)CCCCCC2)no1. The number of benzene rings is 1. The van der Waals surface area contributed by atoms with Gasteiger partial charge in [-0.2, -0.15) is 4.98 Å². The van der Waals surface area contributed by atoms with Crippen LogP contribution in [0.15, 0.2) is 28.8 Å². The lowest BCUT2D eigenvalue weighted by atomic mass is 9.89. The third kappa shape index (κ3) is 6.06. The Morgan fingerprint density at radius 2 is 1.90 bits per heavy atom. The van der Waals surface area contributed by atoms with Gasteiger partial charge in [-0.15, -0.1) is 0 Å². The molecule has 1 fully saturated rings. The number of carbonyl (C=O) groups excluding carboxylic acids is 2. The van der Waals surface area contributed by atoms with Crippen molar-refractivity contribution in [2.75, 3.05) is 6.54 Å². The van der Waals surface area contributed by atoms with Crippen LogP contribution in [0.5, 0.6) is 0 Å². The molecule has 168 valence electrons. The average molecular weight is 447 g/mol. The van der Waals surface area contributed by atoms with E-state index in [4.69, 9.17) is 16.1 Å². The molecule has 0 bridgehead atoms. The van der Waals surface area contributed by atoms with Gasteiger partial charge in [0.25, 0.3) is 0 Å². The average Bonchev–Trinajstić information content (AvgIpc) is 3.11. The Hall–Kier alpha value is -2.41. The molecule has 1 aromatic carbocycles. The van der Waals surface area contributed by atoms with Crippen LogP contribution >= 0.6 is 11.6 Å². The minimum atomic E-state index is -0.576. The Morgan fingerprint density at radius 1 is 1.19 bits per heavy atom. The summed E-state index contributed by atoms with van der Waals surface area (Å²) in [6, 6.07) is 7.54. The standard InChI is InChI=1S/C23H31ClN4O3/c1-3-28(16-18-10-6-7-11-19(18)24)21(30)13-12-20-25-22(27-31-20)23(26-17(2)29)14-8-4-5-9-15-23/h6-7,10-11H,3-5,8-9,12-16H2,1-2H3,(H,26,29). The van der Waals surface area contributed by atoms with Crippen LogP contribution in [0.3, 0.4) is 0 Å². The van der Waals surface area contributed by atoms with Crippen LogP contribution in [0, 0.1) is 0 Å². The van der Waals surface area contributed by atoms with Crippen molar-refractivity contribution in [2.24, 2.45) is 0 Å². The summed E-state index contributed by atoms with van der Waals surface area (Å²) in [6.45, 7) is 4.52. The monoisotopic (exact) mass is 446 g/mol. The highest BCUT2D eigenvalue weighted by Crippen LogP contribution is 2.34. The van der Waals surface area contributed by atoms with Crippen molar-refractivity contribution >= 4 is 23.4 Å². The van der Waals surface area contributed by atoms with Gasteiger partial charge in [-0.1, -0.05) is 60.6 Å². The molecule has 0 radical (unpaired) electrons. The molecule has 2 amide bonds. The first-order chi connectivity index (χ1) is 14.9. The van der Waals surface area contributed by atoms with Crippen molar-refractivity contribution < 1.29 is 14.1 Å². The van der Waals surface area contributed by atoms with Gasteiger partial charge < -0.3 is 14.7 Å². The molecule has 0 unspecified atom stereocenters. The largest absolute Gasteiger partial charge is 0.343 e. The Morgan fingerprint density at radius 3 is 2.55 bits per heavy atom. The highest BCUT2D eigenvalue weighted by atomic mass is 35.5. The van der Waals surface area contributed by atoms with Crippen LogP contribution in [0.4, 0.5) is 0 Å². The predicted molar refractivity (Wildman–Crippen MR) is 118 cm³/mol. The van der Waals surface area contributed by atoms with Gasteiger partial charge in [0.15, 0.2) is 5.82 Å². The van der Waals surface area contributed by atoms with Crippen molar-refractivity contribution in [3.05, 3.63) is 46.6 Å². The summed E-state index contributed by atoms with van der Waals surface area (Å²) in [6.07, 6.45) is 6.52. The second kappa shape index (κ2) is 10.8. The number of halogens is 1. The molecule has 7 nitrogen and oxygen atoms in total. The van der Waals surface area contributed by atoms with Gasteiger partial charge in [-0.05, 0) is 31.4 Å². The normalized spacial score (nSPS) is 15.8. The summed E-state index contributed by atoms with van der Waals surface area (Å²) in [5.74, 6) is 0.858. The van der Waals surface area contributed by atoms with Crippen LogP contribution in [0.2, 0.25) is 5.02 Å². The molecule has 1 saturated carbocycles. The van der Waals surface area contributed by atoms with Crippen molar-refractivity contribution in [3.8, 4) is 0 Å². The molecule has 31 heavy (non-hydrogen) atoms. The van der Waals surface area contributed by atoms with E-state index in [9.17, 15) is 9.59 Å². The Labute approximate surface area is 188 Å². The van der Waals surface area contributed by atoms with Gasteiger partial charge in [0, 0.05) is 37.9 Å². The smallest absolute Gasteiger partial charge is 0.227 e.